The van der Waals surface area contributed by atoms with Crippen LogP contribution in [0.15, 0.2) is 72.8 Å². The van der Waals surface area contributed by atoms with Crippen LogP contribution >= 0.6 is 0 Å². The van der Waals surface area contributed by atoms with Crippen molar-refractivity contribution in [2.75, 3.05) is 26.2 Å². The molecule has 0 atom stereocenters. The van der Waals surface area contributed by atoms with Gasteiger partial charge in [-0.25, -0.2) is 4.98 Å². The second-order valence-corrected chi connectivity index (χ2v) is 6.79. The van der Waals surface area contributed by atoms with Gasteiger partial charge in [0.05, 0.1) is 5.52 Å². The van der Waals surface area contributed by atoms with Gasteiger partial charge in [-0.2, -0.15) is 0 Å². The van der Waals surface area contributed by atoms with Gasteiger partial charge in [-0.1, -0.05) is 60.7 Å². The lowest BCUT2D eigenvalue weighted by molar-refractivity contribution is 0.0944. The van der Waals surface area contributed by atoms with E-state index in [0.29, 0.717) is 12.2 Å². The molecule has 4 nitrogen and oxygen atoms in total. The Kier molecular flexibility index (Phi) is 5.26. The van der Waals surface area contributed by atoms with Gasteiger partial charge in [0.2, 0.25) is 0 Å². The molecule has 0 fully saturated rings. The Morgan fingerprint density at radius 2 is 1.81 bits per heavy atom. The normalized spacial score (nSPS) is 14.7. The van der Waals surface area contributed by atoms with Crippen LogP contribution in [-0.2, 0) is 0 Å². The van der Waals surface area contributed by atoms with E-state index in [4.69, 9.17) is 0 Å². The molecule has 2 aromatic carbocycles. The molecule has 1 aliphatic heterocycles. The van der Waals surface area contributed by atoms with Gasteiger partial charge in [-0.05, 0) is 29.7 Å². The summed E-state index contributed by atoms with van der Waals surface area (Å²) in [4.78, 5) is 19.2. The van der Waals surface area contributed by atoms with E-state index in [0.717, 1.165) is 37.0 Å². The number of para-hydroxylation sites is 1. The SMILES string of the molecule is O=C(NCCN1CC=C(c2ccccc2)CC1)c1ccc2ccccc2n1. The van der Waals surface area contributed by atoms with Crippen LogP contribution in [0.5, 0.6) is 0 Å². The Morgan fingerprint density at radius 3 is 2.63 bits per heavy atom. The maximum atomic E-state index is 12.4. The maximum absolute atomic E-state index is 12.4. The number of carbonyl (C=O) groups is 1. The molecule has 0 unspecified atom stereocenters. The van der Waals surface area contributed by atoms with Gasteiger partial charge in [0.1, 0.15) is 5.69 Å². The lowest BCUT2D eigenvalue weighted by Gasteiger charge is -2.26. The number of amides is 1. The van der Waals surface area contributed by atoms with Gasteiger partial charge in [-0.3, -0.25) is 9.69 Å². The van der Waals surface area contributed by atoms with Crippen LogP contribution in [0, 0.1) is 0 Å². The second-order valence-electron chi connectivity index (χ2n) is 6.79. The van der Waals surface area contributed by atoms with Crippen molar-refractivity contribution in [1.82, 2.24) is 15.2 Å². The molecule has 0 radical (unpaired) electrons. The van der Waals surface area contributed by atoms with Crippen molar-refractivity contribution < 1.29 is 4.79 Å². The summed E-state index contributed by atoms with van der Waals surface area (Å²) < 4.78 is 0. The van der Waals surface area contributed by atoms with E-state index in [1.54, 1.807) is 6.07 Å². The summed E-state index contributed by atoms with van der Waals surface area (Å²) in [6.45, 7) is 3.42. The number of nitrogens with one attached hydrogen (secondary N) is 1. The lowest BCUT2D eigenvalue weighted by Crippen LogP contribution is -2.37. The quantitative estimate of drug-likeness (QED) is 0.756. The first-order chi connectivity index (χ1) is 13.3. The summed E-state index contributed by atoms with van der Waals surface area (Å²) in [7, 11) is 0. The number of pyridine rings is 1. The first kappa shape index (κ1) is 17.4. The highest BCUT2D eigenvalue weighted by Gasteiger charge is 2.13. The maximum Gasteiger partial charge on any atom is 0.269 e. The number of nitrogens with zero attached hydrogens (tertiary/aromatic N) is 2. The van der Waals surface area contributed by atoms with Crippen molar-refractivity contribution in [3.63, 3.8) is 0 Å². The predicted molar refractivity (Wildman–Crippen MR) is 110 cm³/mol. The van der Waals surface area contributed by atoms with Gasteiger partial charge in [0.25, 0.3) is 5.91 Å². The van der Waals surface area contributed by atoms with Crippen molar-refractivity contribution in [2.24, 2.45) is 0 Å². The van der Waals surface area contributed by atoms with Crippen LogP contribution < -0.4 is 5.32 Å². The molecule has 1 aliphatic rings. The van der Waals surface area contributed by atoms with Gasteiger partial charge in [0, 0.05) is 31.6 Å². The Balaban J connectivity index is 1.28. The monoisotopic (exact) mass is 357 g/mol. The third-order valence-electron chi connectivity index (χ3n) is 4.98. The van der Waals surface area contributed by atoms with Crippen molar-refractivity contribution in [1.29, 1.82) is 0 Å². The summed E-state index contributed by atoms with van der Waals surface area (Å²) in [5.74, 6) is -0.113. The van der Waals surface area contributed by atoms with E-state index in [-0.39, 0.29) is 5.91 Å². The molecule has 4 heteroatoms. The number of hydrogen-bond acceptors (Lipinski definition) is 3. The van der Waals surface area contributed by atoms with Crippen LogP contribution in [0.1, 0.15) is 22.5 Å². The Bertz CT molecular complexity index is 966. The fourth-order valence-corrected chi connectivity index (χ4v) is 3.44. The molecule has 0 saturated heterocycles. The van der Waals surface area contributed by atoms with Crippen LogP contribution in [0.3, 0.4) is 0 Å². The third kappa shape index (κ3) is 4.23. The molecular formula is C23H23N3O. The fraction of sp³-hybridized carbons (Fsp3) is 0.217. The third-order valence-corrected chi connectivity index (χ3v) is 4.98. The van der Waals surface area contributed by atoms with Gasteiger partial charge in [-0.15, -0.1) is 0 Å². The van der Waals surface area contributed by atoms with Gasteiger partial charge < -0.3 is 5.32 Å². The molecule has 27 heavy (non-hydrogen) atoms. The van der Waals surface area contributed by atoms with E-state index in [1.807, 2.05) is 36.4 Å². The summed E-state index contributed by atoms with van der Waals surface area (Å²) in [6.07, 6.45) is 3.34. The van der Waals surface area contributed by atoms with Crippen LogP contribution in [-0.4, -0.2) is 42.0 Å². The number of carbonyl (C=O) groups excluding carboxylic acids is 1. The number of fused-ring (bicyclic) bond motifs is 1. The van der Waals surface area contributed by atoms with E-state index < -0.39 is 0 Å². The first-order valence-corrected chi connectivity index (χ1v) is 9.40. The highest BCUT2D eigenvalue weighted by molar-refractivity contribution is 5.94. The molecule has 1 amide bonds. The fourth-order valence-electron chi connectivity index (χ4n) is 3.44. The average Bonchev–Trinajstić information content (AvgIpc) is 2.74. The molecule has 136 valence electrons. The van der Waals surface area contributed by atoms with Crippen molar-refractivity contribution in [2.45, 2.75) is 6.42 Å². The largest absolute Gasteiger partial charge is 0.349 e. The average molecular weight is 357 g/mol. The van der Waals surface area contributed by atoms with Crippen molar-refractivity contribution in [3.8, 4) is 0 Å². The minimum atomic E-state index is -0.113. The lowest BCUT2D eigenvalue weighted by atomic mass is 10.00. The zero-order chi connectivity index (χ0) is 18.5. The molecule has 0 saturated carbocycles. The Labute approximate surface area is 159 Å². The summed E-state index contributed by atoms with van der Waals surface area (Å²) >= 11 is 0. The standard InChI is InChI=1S/C23H23N3O/c27-23(22-11-10-20-8-4-5-9-21(20)25-22)24-14-17-26-15-12-19(13-16-26)18-6-2-1-3-7-18/h1-12H,13-17H2,(H,24,27). The first-order valence-electron chi connectivity index (χ1n) is 9.40. The molecule has 2 heterocycles. The van der Waals surface area contributed by atoms with Crippen LogP contribution in [0.2, 0.25) is 0 Å². The number of aromatic nitrogens is 1. The molecule has 1 N–H and O–H groups in total. The molecular weight excluding hydrogens is 334 g/mol. The smallest absolute Gasteiger partial charge is 0.269 e. The topological polar surface area (TPSA) is 45.2 Å². The molecule has 3 aromatic rings. The van der Waals surface area contributed by atoms with Crippen LogP contribution in [0.4, 0.5) is 0 Å². The van der Waals surface area contributed by atoms with E-state index in [9.17, 15) is 4.79 Å². The number of rotatable bonds is 5. The molecule has 0 bridgehead atoms. The minimum absolute atomic E-state index is 0.113. The van der Waals surface area contributed by atoms with Crippen molar-refractivity contribution in [3.05, 3.63) is 84.1 Å². The van der Waals surface area contributed by atoms with Gasteiger partial charge >= 0.3 is 0 Å². The highest BCUT2D eigenvalue weighted by Crippen LogP contribution is 2.21. The molecule has 0 spiro atoms. The minimum Gasteiger partial charge on any atom is -0.349 e. The zero-order valence-corrected chi connectivity index (χ0v) is 15.3. The Morgan fingerprint density at radius 1 is 1.00 bits per heavy atom. The summed E-state index contributed by atoms with van der Waals surface area (Å²) in [6, 6.07) is 22.1. The molecule has 0 aliphatic carbocycles. The summed E-state index contributed by atoms with van der Waals surface area (Å²) in [5, 5.41) is 4.03. The van der Waals surface area contributed by atoms with Crippen molar-refractivity contribution >= 4 is 22.4 Å². The van der Waals surface area contributed by atoms with E-state index in [1.165, 1.54) is 11.1 Å². The molecule has 4 rings (SSSR count). The number of benzene rings is 2. The molecule has 1 aromatic heterocycles. The second kappa shape index (κ2) is 8.14. The predicted octanol–water partition coefficient (Wildman–Crippen LogP) is 3.75. The highest BCUT2D eigenvalue weighted by atomic mass is 16.1. The summed E-state index contributed by atoms with van der Waals surface area (Å²) in [5.41, 5.74) is 4.04. The Hall–Kier alpha value is -2.98. The van der Waals surface area contributed by atoms with Crippen LogP contribution in [0.25, 0.3) is 16.5 Å². The number of hydrogen-bond donors (Lipinski definition) is 1. The van der Waals surface area contributed by atoms with E-state index in [2.05, 4.69) is 45.5 Å². The zero-order valence-electron chi connectivity index (χ0n) is 15.3. The van der Waals surface area contributed by atoms with Gasteiger partial charge in [0.15, 0.2) is 0 Å². The van der Waals surface area contributed by atoms with E-state index >= 15 is 0 Å².